The summed E-state index contributed by atoms with van der Waals surface area (Å²) in [7, 11) is 0. The molecule has 0 spiro atoms. The maximum Gasteiger partial charge on any atom is 0.407 e. The van der Waals surface area contributed by atoms with Gasteiger partial charge in [0.15, 0.2) is 0 Å². The van der Waals surface area contributed by atoms with Gasteiger partial charge in [0.25, 0.3) is 5.69 Å². The summed E-state index contributed by atoms with van der Waals surface area (Å²) in [5, 5.41) is 23.3. The first kappa shape index (κ1) is 21.4. The third-order valence-electron chi connectivity index (χ3n) is 3.94. The molecule has 0 radical (unpaired) electrons. The average molecular weight is 366 g/mol. The van der Waals surface area contributed by atoms with Crippen LogP contribution in [0.2, 0.25) is 0 Å². The summed E-state index contributed by atoms with van der Waals surface area (Å²) in [6, 6.07) is 3.26. The van der Waals surface area contributed by atoms with Crippen LogP contribution in [0.25, 0.3) is 0 Å². The van der Waals surface area contributed by atoms with Crippen LogP contribution >= 0.6 is 0 Å². The maximum absolute atomic E-state index is 12.1. The molecule has 26 heavy (non-hydrogen) atoms. The lowest BCUT2D eigenvalue weighted by molar-refractivity contribution is -0.384. The van der Waals surface area contributed by atoms with Crippen molar-refractivity contribution in [2.24, 2.45) is 0 Å². The topological polar surface area (TPSA) is 119 Å². The molecule has 8 nitrogen and oxygen atoms in total. The first-order valence-corrected chi connectivity index (χ1v) is 8.51. The van der Waals surface area contributed by atoms with Crippen LogP contribution in [0.5, 0.6) is 0 Å². The molecule has 0 saturated carbocycles. The van der Waals surface area contributed by atoms with Gasteiger partial charge in [-0.3, -0.25) is 10.1 Å². The van der Waals surface area contributed by atoms with Gasteiger partial charge < -0.3 is 15.2 Å². The lowest BCUT2D eigenvalue weighted by Gasteiger charge is -2.29. The van der Waals surface area contributed by atoms with E-state index in [1.807, 2.05) is 13.8 Å². The molecule has 0 aliphatic rings. The van der Waals surface area contributed by atoms with E-state index in [9.17, 15) is 24.8 Å². The van der Waals surface area contributed by atoms with Crippen molar-refractivity contribution in [3.05, 3.63) is 39.4 Å². The highest BCUT2D eigenvalue weighted by Gasteiger charge is 2.29. The Hall–Kier alpha value is -2.64. The number of benzene rings is 1. The maximum atomic E-state index is 12.1. The molecule has 0 fully saturated rings. The van der Waals surface area contributed by atoms with E-state index in [0.29, 0.717) is 18.4 Å². The fraction of sp³-hybridized carbons (Fsp3) is 0.556. The molecule has 0 aliphatic carbocycles. The van der Waals surface area contributed by atoms with Gasteiger partial charge in [-0.05, 0) is 45.2 Å². The molecule has 1 aromatic rings. The standard InChI is InChI=1S/C18H26N2O6/c1-6-12(15(7-2)19-17(23)26-18(3,4)5)14-10-11(20(24)25)8-9-13(14)16(21)22/h8-10,12,15H,6-7H2,1-5H3,(H,19,23)(H,21,22)/t12?,15-/m0/s1. The Kier molecular flexibility index (Phi) is 7.11. The number of non-ortho nitro benzene ring substituents is 1. The summed E-state index contributed by atoms with van der Waals surface area (Å²) >= 11 is 0. The quantitative estimate of drug-likeness (QED) is 0.554. The van der Waals surface area contributed by atoms with Crippen LogP contribution in [0.4, 0.5) is 10.5 Å². The Bertz CT molecular complexity index is 681. The Morgan fingerprint density at radius 3 is 2.31 bits per heavy atom. The first-order chi connectivity index (χ1) is 12.0. The van der Waals surface area contributed by atoms with Crippen LogP contribution in [-0.2, 0) is 4.74 Å². The Morgan fingerprint density at radius 2 is 1.88 bits per heavy atom. The molecule has 2 atom stereocenters. The number of carboxylic acids is 1. The smallest absolute Gasteiger partial charge is 0.407 e. The van der Waals surface area contributed by atoms with Gasteiger partial charge in [0, 0.05) is 24.1 Å². The number of nitrogens with one attached hydrogen (secondary N) is 1. The molecule has 0 saturated heterocycles. The number of alkyl carbamates (subject to hydrolysis) is 1. The van der Waals surface area contributed by atoms with E-state index >= 15 is 0 Å². The van der Waals surface area contributed by atoms with Gasteiger partial charge in [-0.15, -0.1) is 0 Å². The van der Waals surface area contributed by atoms with Crippen molar-refractivity contribution >= 4 is 17.7 Å². The highest BCUT2D eigenvalue weighted by atomic mass is 16.6. The Labute approximate surface area is 152 Å². The number of hydrogen-bond acceptors (Lipinski definition) is 5. The number of carboxylic acid groups (broad SMARTS) is 1. The van der Waals surface area contributed by atoms with Crippen LogP contribution in [0, 0.1) is 10.1 Å². The number of amides is 1. The number of nitrogens with zero attached hydrogens (tertiary/aromatic N) is 1. The summed E-state index contributed by atoms with van der Waals surface area (Å²) in [5.41, 5.74) is -0.526. The van der Waals surface area contributed by atoms with Gasteiger partial charge in [-0.25, -0.2) is 9.59 Å². The molecule has 1 unspecified atom stereocenters. The highest BCUT2D eigenvalue weighted by Crippen LogP contribution is 2.31. The SMILES string of the molecule is CCC(c1cc([N+](=O)[O-])ccc1C(=O)O)[C@H](CC)NC(=O)OC(C)(C)C. The first-order valence-electron chi connectivity index (χ1n) is 8.51. The minimum Gasteiger partial charge on any atom is -0.478 e. The predicted molar refractivity (Wildman–Crippen MR) is 96.5 cm³/mol. The van der Waals surface area contributed by atoms with E-state index in [1.165, 1.54) is 18.2 Å². The number of aromatic carboxylic acids is 1. The molecular formula is C18H26N2O6. The van der Waals surface area contributed by atoms with Crippen LogP contribution in [0.1, 0.15) is 69.3 Å². The van der Waals surface area contributed by atoms with Crippen LogP contribution < -0.4 is 5.32 Å². The minimum absolute atomic E-state index is 0.00751. The zero-order valence-corrected chi connectivity index (χ0v) is 15.7. The zero-order chi connectivity index (χ0) is 20.1. The zero-order valence-electron chi connectivity index (χ0n) is 15.7. The summed E-state index contributed by atoms with van der Waals surface area (Å²) in [4.78, 5) is 34.2. The van der Waals surface area contributed by atoms with E-state index in [1.54, 1.807) is 20.8 Å². The number of ether oxygens (including phenoxy) is 1. The molecular weight excluding hydrogens is 340 g/mol. The summed E-state index contributed by atoms with van der Waals surface area (Å²) < 4.78 is 5.27. The van der Waals surface area contributed by atoms with Crippen LogP contribution in [0.15, 0.2) is 18.2 Å². The molecule has 0 bridgehead atoms. The average Bonchev–Trinajstić information content (AvgIpc) is 2.52. The fourth-order valence-electron chi connectivity index (χ4n) is 2.83. The largest absolute Gasteiger partial charge is 0.478 e. The second kappa shape index (κ2) is 8.64. The number of nitro groups is 1. The molecule has 1 rings (SSSR count). The van der Waals surface area contributed by atoms with Crippen LogP contribution in [0.3, 0.4) is 0 Å². The van der Waals surface area contributed by atoms with E-state index < -0.39 is 34.5 Å². The monoisotopic (exact) mass is 366 g/mol. The molecule has 0 aromatic heterocycles. The second-order valence-electron chi connectivity index (χ2n) is 7.01. The number of carbonyl (C=O) groups is 2. The van der Waals surface area contributed by atoms with Crippen molar-refractivity contribution in [1.29, 1.82) is 0 Å². The number of nitro benzene ring substituents is 1. The van der Waals surface area contributed by atoms with Crippen molar-refractivity contribution in [3.63, 3.8) is 0 Å². The van der Waals surface area contributed by atoms with E-state index in [-0.39, 0.29) is 11.3 Å². The van der Waals surface area contributed by atoms with E-state index in [2.05, 4.69) is 5.32 Å². The second-order valence-corrected chi connectivity index (χ2v) is 7.01. The molecule has 2 N–H and O–H groups in total. The van der Waals surface area contributed by atoms with Crippen molar-refractivity contribution < 1.29 is 24.4 Å². The molecule has 0 heterocycles. The van der Waals surface area contributed by atoms with Crippen molar-refractivity contribution in [1.82, 2.24) is 5.32 Å². The van der Waals surface area contributed by atoms with E-state index in [4.69, 9.17) is 4.74 Å². The third-order valence-corrected chi connectivity index (χ3v) is 3.94. The molecule has 1 aromatic carbocycles. The molecule has 0 aliphatic heterocycles. The summed E-state index contributed by atoms with van der Waals surface area (Å²) in [6.45, 7) is 8.92. The normalized spacial score (nSPS) is 13.6. The molecule has 144 valence electrons. The van der Waals surface area contributed by atoms with Crippen LogP contribution in [-0.4, -0.2) is 33.7 Å². The van der Waals surface area contributed by atoms with Crippen molar-refractivity contribution in [3.8, 4) is 0 Å². The predicted octanol–water partition coefficient (Wildman–Crippen LogP) is 4.09. The lowest BCUT2D eigenvalue weighted by atomic mass is 9.84. The Balaban J connectivity index is 3.25. The minimum atomic E-state index is -1.17. The molecule has 8 heteroatoms. The van der Waals surface area contributed by atoms with Gasteiger partial charge in [-0.1, -0.05) is 13.8 Å². The van der Waals surface area contributed by atoms with Crippen molar-refractivity contribution in [2.75, 3.05) is 0 Å². The Morgan fingerprint density at radius 1 is 1.27 bits per heavy atom. The van der Waals surface area contributed by atoms with Gasteiger partial charge in [-0.2, -0.15) is 0 Å². The molecule has 1 amide bonds. The van der Waals surface area contributed by atoms with Gasteiger partial charge in [0.1, 0.15) is 5.60 Å². The number of rotatable bonds is 7. The van der Waals surface area contributed by atoms with Crippen molar-refractivity contribution in [2.45, 2.75) is 65.0 Å². The third kappa shape index (κ3) is 5.72. The number of carbonyl (C=O) groups excluding carboxylic acids is 1. The summed E-state index contributed by atoms with van der Waals surface area (Å²) in [6.07, 6.45) is 0.403. The summed E-state index contributed by atoms with van der Waals surface area (Å²) in [5.74, 6) is -1.57. The van der Waals surface area contributed by atoms with Gasteiger partial charge in [0.2, 0.25) is 0 Å². The van der Waals surface area contributed by atoms with Gasteiger partial charge in [0.05, 0.1) is 10.5 Å². The van der Waals surface area contributed by atoms with Gasteiger partial charge >= 0.3 is 12.1 Å². The fourth-order valence-corrected chi connectivity index (χ4v) is 2.83. The lowest BCUT2D eigenvalue weighted by Crippen LogP contribution is -2.42. The highest BCUT2D eigenvalue weighted by molar-refractivity contribution is 5.90. The number of hydrogen-bond donors (Lipinski definition) is 2. The van der Waals surface area contributed by atoms with E-state index in [0.717, 1.165) is 0 Å².